The summed E-state index contributed by atoms with van der Waals surface area (Å²) in [5.41, 5.74) is 2.64. The van der Waals surface area contributed by atoms with Crippen LogP contribution in [-0.4, -0.2) is 48.6 Å². The summed E-state index contributed by atoms with van der Waals surface area (Å²) in [6.07, 6.45) is 11.8. The van der Waals surface area contributed by atoms with E-state index in [4.69, 9.17) is 18.9 Å². The molecule has 0 aliphatic heterocycles. The molecule has 0 N–H and O–H groups in total. The second-order valence-corrected chi connectivity index (χ2v) is 12.6. The number of thioether (sulfide) groups is 2. The molecule has 0 bridgehead atoms. The minimum Gasteiger partial charge on any atom is -0.494 e. The average Bonchev–Trinajstić information content (AvgIpc) is 3.11. The Morgan fingerprint density at radius 3 is 1.51 bits per heavy atom. The van der Waals surface area contributed by atoms with Gasteiger partial charge in [-0.3, -0.25) is 9.59 Å². The molecule has 0 saturated carbocycles. The summed E-state index contributed by atoms with van der Waals surface area (Å²) in [6.45, 7) is 10.3. The van der Waals surface area contributed by atoms with Crippen molar-refractivity contribution in [1.82, 2.24) is 0 Å². The third-order valence-corrected chi connectivity index (χ3v) is 8.44. The normalized spacial score (nSPS) is 10.9. The highest BCUT2D eigenvalue weighted by molar-refractivity contribution is 8.14. The lowest BCUT2D eigenvalue weighted by molar-refractivity contribution is -0.138. The van der Waals surface area contributed by atoms with Crippen molar-refractivity contribution in [2.45, 2.75) is 42.4 Å². The Balaban J connectivity index is 1.37. The zero-order valence-electron chi connectivity index (χ0n) is 27.5. The summed E-state index contributed by atoms with van der Waals surface area (Å²) >= 11 is 2.25. The van der Waals surface area contributed by atoms with Crippen molar-refractivity contribution in [3.8, 4) is 11.5 Å². The highest BCUT2D eigenvalue weighted by atomic mass is 32.2. The van der Waals surface area contributed by atoms with Crippen molar-refractivity contribution in [3.05, 3.63) is 121 Å². The number of hydrogen-bond acceptors (Lipinski definition) is 10. The molecule has 0 radical (unpaired) electrons. The molecule has 8 nitrogen and oxygen atoms in total. The van der Waals surface area contributed by atoms with Crippen molar-refractivity contribution in [1.29, 1.82) is 0 Å². The van der Waals surface area contributed by atoms with Gasteiger partial charge in [-0.25, -0.2) is 9.59 Å². The van der Waals surface area contributed by atoms with Crippen LogP contribution in [0.15, 0.2) is 114 Å². The number of carbonyl (C=O) groups excluding carboxylic acids is 4. The maximum atomic E-state index is 12.6. The summed E-state index contributed by atoms with van der Waals surface area (Å²) in [4.78, 5) is 48.9. The predicted molar refractivity (Wildman–Crippen MR) is 196 cm³/mol. The molecule has 10 heteroatoms. The van der Waals surface area contributed by atoms with Crippen LogP contribution in [0.25, 0.3) is 12.2 Å². The fourth-order valence-corrected chi connectivity index (χ4v) is 5.47. The molecule has 49 heavy (non-hydrogen) atoms. The van der Waals surface area contributed by atoms with E-state index in [1.54, 1.807) is 12.2 Å². The van der Waals surface area contributed by atoms with Crippen LogP contribution in [0.3, 0.4) is 0 Å². The summed E-state index contributed by atoms with van der Waals surface area (Å²) < 4.78 is 21.3. The highest BCUT2D eigenvalue weighted by Crippen LogP contribution is 2.29. The lowest BCUT2D eigenvalue weighted by Crippen LogP contribution is -2.04. The third kappa shape index (κ3) is 15.8. The molecule has 0 saturated heterocycles. The molecular formula is C39H40O8S2. The molecule has 3 rings (SSSR count). The summed E-state index contributed by atoms with van der Waals surface area (Å²) in [7, 11) is 0. The zero-order valence-corrected chi connectivity index (χ0v) is 29.1. The minimum atomic E-state index is -0.425. The van der Waals surface area contributed by atoms with E-state index in [0.717, 1.165) is 86.5 Å². The number of rotatable bonds is 20. The predicted octanol–water partition coefficient (Wildman–Crippen LogP) is 8.44. The molecule has 0 spiro atoms. The molecular weight excluding hydrogens is 661 g/mol. The quantitative estimate of drug-likeness (QED) is 0.0494. The fourth-order valence-electron chi connectivity index (χ4n) is 4.02. The topological polar surface area (TPSA) is 105 Å². The third-order valence-electron chi connectivity index (χ3n) is 6.60. The Kier molecular flexibility index (Phi) is 17.3. The maximum Gasteiger partial charge on any atom is 0.330 e. The first kappa shape index (κ1) is 38.6. The van der Waals surface area contributed by atoms with Gasteiger partial charge in [0.05, 0.1) is 26.4 Å². The number of ether oxygens (including phenoxy) is 4. The Labute approximate surface area is 296 Å². The molecule has 3 aromatic rings. The molecule has 256 valence electrons. The van der Waals surface area contributed by atoms with Gasteiger partial charge in [0.2, 0.25) is 10.2 Å². The van der Waals surface area contributed by atoms with Crippen LogP contribution in [-0.2, 0) is 28.7 Å². The van der Waals surface area contributed by atoms with Gasteiger partial charge in [0.1, 0.15) is 11.5 Å². The lowest BCUT2D eigenvalue weighted by Gasteiger charge is -2.07. The Hall–Kier alpha value is -4.80. The number of hydrogen-bond donors (Lipinski definition) is 0. The fraction of sp³-hybridized carbons (Fsp3) is 0.231. The smallest absolute Gasteiger partial charge is 0.330 e. The minimum absolute atomic E-state index is 0.108. The van der Waals surface area contributed by atoms with E-state index >= 15 is 0 Å². The number of carbonyl (C=O) groups is 4. The molecule has 3 aromatic carbocycles. The van der Waals surface area contributed by atoms with E-state index in [1.165, 1.54) is 12.2 Å². The van der Waals surface area contributed by atoms with E-state index in [9.17, 15) is 19.2 Å². The monoisotopic (exact) mass is 700 g/mol. The van der Waals surface area contributed by atoms with Crippen LogP contribution in [0.5, 0.6) is 11.5 Å². The second kappa shape index (κ2) is 22.0. The van der Waals surface area contributed by atoms with E-state index in [1.807, 2.05) is 73.7 Å². The largest absolute Gasteiger partial charge is 0.494 e. The van der Waals surface area contributed by atoms with Gasteiger partial charge in [-0.2, -0.15) is 0 Å². The molecule has 0 unspecified atom stereocenters. The number of aryl methyl sites for hydroxylation is 1. The first-order valence-corrected chi connectivity index (χ1v) is 17.3. The van der Waals surface area contributed by atoms with Crippen LogP contribution < -0.4 is 9.47 Å². The number of unbranched alkanes of at least 4 members (excludes halogenated alkanes) is 2. The van der Waals surface area contributed by atoms with Gasteiger partial charge in [-0.1, -0.05) is 49.6 Å². The van der Waals surface area contributed by atoms with E-state index in [-0.39, 0.29) is 10.2 Å². The molecule has 0 fully saturated rings. The van der Waals surface area contributed by atoms with Gasteiger partial charge < -0.3 is 18.9 Å². The molecule has 0 aliphatic carbocycles. The van der Waals surface area contributed by atoms with Gasteiger partial charge in [0.25, 0.3) is 0 Å². The van der Waals surface area contributed by atoms with Crippen molar-refractivity contribution >= 4 is 57.8 Å². The summed E-state index contributed by atoms with van der Waals surface area (Å²) in [5, 5.41) is -0.220. The maximum absolute atomic E-state index is 12.6. The van der Waals surface area contributed by atoms with E-state index in [0.29, 0.717) is 39.3 Å². The SMILES string of the molecule is C=CC(=O)OCCCCOc1ccc(/C=C/C(=O)Sc2ccc(SC(=O)/C=C/c3ccc(OCCCCOC(=O)C=C)cc3)c(C)c2)cc1. The molecule has 0 aliphatic rings. The van der Waals surface area contributed by atoms with Gasteiger partial charge in [-0.15, -0.1) is 0 Å². The van der Waals surface area contributed by atoms with E-state index in [2.05, 4.69) is 13.2 Å². The number of esters is 2. The first-order valence-electron chi connectivity index (χ1n) is 15.7. The van der Waals surface area contributed by atoms with Crippen LogP contribution >= 0.6 is 23.5 Å². The van der Waals surface area contributed by atoms with Crippen LogP contribution in [0.1, 0.15) is 42.4 Å². The second-order valence-electron chi connectivity index (χ2n) is 10.4. The molecule has 0 atom stereocenters. The Morgan fingerprint density at radius 1 is 0.612 bits per heavy atom. The van der Waals surface area contributed by atoms with Crippen molar-refractivity contribution in [3.63, 3.8) is 0 Å². The Morgan fingerprint density at radius 2 is 1.06 bits per heavy atom. The van der Waals surface area contributed by atoms with Crippen LogP contribution in [0.2, 0.25) is 0 Å². The van der Waals surface area contributed by atoms with Crippen LogP contribution in [0.4, 0.5) is 0 Å². The number of benzene rings is 3. The van der Waals surface area contributed by atoms with Crippen molar-refractivity contribution < 1.29 is 38.1 Å². The molecule has 0 heterocycles. The van der Waals surface area contributed by atoms with Crippen LogP contribution in [0, 0.1) is 6.92 Å². The Bertz CT molecular complexity index is 1630. The van der Waals surface area contributed by atoms with Crippen molar-refractivity contribution in [2.75, 3.05) is 26.4 Å². The van der Waals surface area contributed by atoms with Gasteiger partial charge in [-0.05, 0) is 127 Å². The van der Waals surface area contributed by atoms with Gasteiger partial charge >= 0.3 is 11.9 Å². The van der Waals surface area contributed by atoms with Gasteiger partial charge in [0.15, 0.2) is 0 Å². The summed E-state index contributed by atoms with van der Waals surface area (Å²) in [6, 6.07) is 20.5. The lowest BCUT2D eigenvalue weighted by atomic mass is 10.2. The molecule has 0 amide bonds. The van der Waals surface area contributed by atoms with Gasteiger partial charge in [0, 0.05) is 21.9 Å². The first-order chi connectivity index (χ1) is 23.7. The summed E-state index contributed by atoms with van der Waals surface area (Å²) in [5.74, 6) is 0.592. The average molecular weight is 701 g/mol. The van der Waals surface area contributed by atoms with Crippen molar-refractivity contribution in [2.24, 2.45) is 0 Å². The zero-order chi connectivity index (χ0) is 35.3. The molecule has 0 aromatic heterocycles. The standard InChI is InChI=1S/C39H40O8S2/c1-4-36(40)46-26-8-6-24-44-32-16-10-30(11-17-32)14-22-38(42)48-34-20-21-35(29(3)28-34)49-39(43)23-15-31-12-18-33(19-13-31)45-25-7-9-27-47-37(41)5-2/h4-5,10-23,28H,1-2,6-9,24-27H2,3H3/b22-14+,23-15+. The highest BCUT2D eigenvalue weighted by Gasteiger charge is 2.08. The van der Waals surface area contributed by atoms with E-state index < -0.39 is 11.9 Å².